The van der Waals surface area contributed by atoms with Crippen molar-refractivity contribution >= 4 is 5.97 Å². The van der Waals surface area contributed by atoms with Crippen molar-refractivity contribution in [2.75, 3.05) is 6.61 Å². The molecule has 0 saturated heterocycles. The van der Waals surface area contributed by atoms with E-state index in [1.54, 1.807) is 13.0 Å². The molecule has 0 amide bonds. The molecule has 0 aliphatic carbocycles. The van der Waals surface area contributed by atoms with E-state index in [0.29, 0.717) is 0 Å². The fourth-order valence-corrected chi connectivity index (χ4v) is 2.10. The number of rotatable bonds is 9. The molecule has 0 aromatic carbocycles. The van der Waals surface area contributed by atoms with Crippen molar-refractivity contribution < 1.29 is 15.0 Å². The van der Waals surface area contributed by atoms with Crippen molar-refractivity contribution in [3.8, 4) is 0 Å². The highest BCUT2D eigenvalue weighted by Crippen LogP contribution is 2.25. The number of hydrogen-bond acceptors (Lipinski definition) is 2. The summed E-state index contributed by atoms with van der Waals surface area (Å²) in [5, 5.41) is 18.0. The first-order valence-electron chi connectivity index (χ1n) is 6.58. The van der Waals surface area contributed by atoms with Crippen molar-refractivity contribution in [3.05, 3.63) is 11.6 Å². The predicted molar refractivity (Wildman–Crippen MR) is 69.9 cm³/mol. The lowest BCUT2D eigenvalue weighted by atomic mass is 9.86. The molecule has 2 unspecified atom stereocenters. The lowest BCUT2D eigenvalue weighted by Gasteiger charge is -2.19. The van der Waals surface area contributed by atoms with Gasteiger partial charge in [0, 0.05) is 0 Å². The van der Waals surface area contributed by atoms with E-state index in [9.17, 15) is 4.79 Å². The molecule has 3 heteroatoms. The quantitative estimate of drug-likeness (QED) is 0.482. The molecule has 0 aromatic rings. The summed E-state index contributed by atoms with van der Waals surface area (Å²) in [5.74, 6) is -1.07. The SMILES string of the molecule is CCCCCCC(C)C(=CCO)C(C)C(=O)O. The van der Waals surface area contributed by atoms with Crippen LogP contribution < -0.4 is 0 Å². The summed E-state index contributed by atoms with van der Waals surface area (Å²) in [6.45, 7) is 5.83. The fraction of sp³-hybridized carbons (Fsp3) is 0.786. The van der Waals surface area contributed by atoms with Gasteiger partial charge in [0.2, 0.25) is 0 Å². The summed E-state index contributed by atoms with van der Waals surface area (Å²) in [4.78, 5) is 11.0. The molecule has 3 nitrogen and oxygen atoms in total. The Kier molecular flexibility index (Phi) is 8.78. The highest BCUT2D eigenvalue weighted by molar-refractivity contribution is 5.73. The van der Waals surface area contributed by atoms with Crippen LogP contribution in [0.2, 0.25) is 0 Å². The number of aliphatic hydroxyl groups is 1. The minimum Gasteiger partial charge on any atom is -0.481 e. The van der Waals surface area contributed by atoms with Gasteiger partial charge in [0.25, 0.3) is 0 Å². The van der Waals surface area contributed by atoms with Gasteiger partial charge in [-0.2, -0.15) is 0 Å². The molecule has 17 heavy (non-hydrogen) atoms. The monoisotopic (exact) mass is 242 g/mol. The molecule has 0 fully saturated rings. The number of hydrogen-bond donors (Lipinski definition) is 2. The Morgan fingerprint density at radius 3 is 2.35 bits per heavy atom. The number of carboxylic acids is 1. The molecule has 0 aromatic heterocycles. The fourth-order valence-electron chi connectivity index (χ4n) is 2.10. The van der Waals surface area contributed by atoms with E-state index in [1.807, 2.05) is 6.92 Å². The number of carboxylic acid groups (broad SMARTS) is 1. The average molecular weight is 242 g/mol. The van der Waals surface area contributed by atoms with Gasteiger partial charge in [-0.1, -0.05) is 51.2 Å². The Hall–Kier alpha value is -0.830. The lowest BCUT2D eigenvalue weighted by Crippen LogP contribution is -2.17. The zero-order chi connectivity index (χ0) is 13.3. The van der Waals surface area contributed by atoms with Crippen LogP contribution in [0, 0.1) is 11.8 Å². The number of aliphatic carboxylic acids is 1. The van der Waals surface area contributed by atoms with Gasteiger partial charge >= 0.3 is 5.97 Å². The zero-order valence-electron chi connectivity index (χ0n) is 11.3. The van der Waals surface area contributed by atoms with E-state index in [-0.39, 0.29) is 12.5 Å². The van der Waals surface area contributed by atoms with Crippen molar-refractivity contribution in [2.45, 2.75) is 52.9 Å². The van der Waals surface area contributed by atoms with E-state index < -0.39 is 11.9 Å². The molecular formula is C14H26O3. The van der Waals surface area contributed by atoms with Crippen LogP contribution in [-0.4, -0.2) is 22.8 Å². The standard InChI is InChI=1S/C14H26O3/c1-4-5-6-7-8-11(2)13(9-10-15)12(3)14(16)17/h9,11-12,15H,4-8,10H2,1-3H3,(H,16,17). The minimum atomic E-state index is -0.815. The Morgan fingerprint density at radius 2 is 1.88 bits per heavy atom. The van der Waals surface area contributed by atoms with Crippen molar-refractivity contribution in [1.82, 2.24) is 0 Å². The second-order valence-electron chi connectivity index (χ2n) is 4.70. The molecule has 2 N–H and O–H groups in total. The molecule has 0 spiro atoms. The summed E-state index contributed by atoms with van der Waals surface area (Å²) in [6.07, 6.45) is 7.44. The highest BCUT2D eigenvalue weighted by Gasteiger charge is 2.20. The number of aliphatic hydroxyl groups excluding tert-OH is 1. The Labute approximate surface area is 105 Å². The predicted octanol–water partition coefficient (Wildman–Crippen LogP) is 3.23. The van der Waals surface area contributed by atoms with Crippen molar-refractivity contribution in [1.29, 1.82) is 0 Å². The molecular weight excluding hydrogens is 216 g/mol. The normalized spacial score (nSPS) is 15.6. The maximum absolute atomic E-state index is 11.0. The Bertz CT molecular complexity index is 246. The molecule has 0 aliphatic heterocycles. The molecule has 0 rings (SSSR count). The van der Waals surface area contributed by atoms with E-state index in [0.717, 1.165) is 18.4 Å². The van der Waals surface area contributed by atoms with Crippen LogP contribution in [0.5, 0.6) is 0 Å². The molecule has 0 aliphatic rings. The second kappa shape index (κ2) is 9.23. The van der Waals surface area contributed by atoms with Gasteiger partial charge in [0.1, 0.15) is 0 Å². The summed E-state index contributed by atoms with van der Waals surface area (Å²) in [7, 11) is 0. The third-order valence-corrected chi connectivity index (χ3v) is 3.26. The number of unbranched alkanes of at least 4 members (excludes halogenated alkanes) is 3. The topological polar surface area (TPSA) is 57.5 Å². The average Bonchev–Trinajstić information content (AvgIpc) is 2.30. The van der Waals surface area contributed by atoms with Crippen LogP contribution in [0.4, 0.5) is 0 Å². The van der Waals surface area contributed by atoms with Crippen molar-refractivity contribution in [2.24, 2.45) is 11.8 Å². The highest BCUT2D eigenvalue weighted by atomic mass is 16.4. The molecule has 0 saturated carbocycles. The molecule has 0 radical (unpaired) electrons. The summed E-state index contributed by atoms with van der Waals surface area (Å²) >= 11 is 0. The van der Waals surface area contributed by atoms with Gasteiger partial charge < -0.3 is 10.2 Å². The second-order valence-corrected chi connectivity index (χ2v) is 4.70. The van der Waals surface area contributed by atoms with Gasteiger partial charge in [-0.05, 0) is 19.3 Å². The van der Waals surface area contributed by atoms with Crippen LogP contribution in [-0.2, 0) is 4.79 Å². The smallest absolute Gasteiger partial charge is 0.310 e. The largest absolute Gasteiger partial charge is 0.481 e. The van der Waals surface area contributed by atoms with E-state index >= 15 is 0 Å². The summed E-state index contributed by atoms with van der Waals surface area (Å²) in [5.41, 5.74) is 0.858. The minimum absolute atomic E-state index is 0.0771. The summed E-state index contributed by atoms with van der Waals surface area (Å²) < 4.78 is 0. The van der Waals surface area contributed by atoms with Gasteiger partial charge in [0.15, 0.2) is 0 Å². The Balaban J connectivity index is 4.30. The van der Waals surface area contributed by atoms with E-state index in [1.165, 1.54) is 19.3 Å². The van der Waals surface area contributed by atoms with Gasteiger partial charge in [-0.25, -0.2) is 0 Å². The van der Waals surface area contributed by atoms with Crippen molar-refractivity contribution in [3.63, 3.8) is 0 Å². The zero-order valence-corrected chi connectivity index (χ0v) is 11.3. The molecule has 2 atom stereocenters. The lowest BCUT2D eigenvalue weighted by molar-refractivity contribution is -0.140. The van der Waals surface area contributed by atoms with Crippen LogP contribution >= 0.6 is 0 Å². The molecule has 0 bridgehead atoms. The van der Waals surface area contributed by atoms with Gasteiger partial charge in [-0.15, -0.1) is 0 Å². The van der Waals surface area contributed by atoms with E-state index in [4.69, 9.17) is 10.2 Å². The van der Waals surface area contributed by atoms with Gasteiger partial charge in [0.05, 0.1) is 12.5 Å². The van der Waals surface area contributed by atoms with Crippen LogP contribution in [0.1, 0.15) is 52.9 Å². The Morgan fingerprint density at radius 1 is 1.24 bits per heavy atom. The van der Waals surface area contributed by atoms with Crippen LogP contribution in [0.15, 0.2) is 11.6 Å². The number of carbonyl (C=O) groups is 1. The first kappa shape index (κ1) is 16.2. The van der Waals surface area contributed by atoms with Crippen LogP contribution in [0.3, 0.4) is 0 Å². The third-order valence-electron chi connectivity index (χ3n) is 3.26. The third kappa shape index (κ3) is 6.47. The maximum atomic E-state index is 11.0. The van der Waals surface area contributed by atoms with Gasteiger partial charge in [-0.3, -0.25) is 4.79 Å². The molecule has 100 valence electrons. The summed E-state index contributed by atoms with van der Waals surface area (Å²) in [6, 6.07) is 0. The van der Waals surface area contributed by atoms with Crippen LogP contribution in [0.25, 0.3) is 0 Å². The van der Waals surface area contributed by atoms with E-state index in [2.05, 4.69) is 6.92 Å². The first-order chi connectivity index (χ1) is 8.04. The molecule has 0 heterocycles. The maximum Gasteiger partial charge on any atom is 0.310 e. The first-order valence-corrected chi connectivity index (χ1v) is 6.58.